The number of rotatable bonds is 11. The molecule has 1 aromatic rings. The maximum absolute atomic E-state index is 13.6. The standard InChI is InChI=1S/C27H40N4O7/c1-17(2)14-20(25(35)36)29-22(32)16-28-23(33)21-12-9-13-31(21)24(34)19(15-18-10-7-6-8-11-18)30-26(37)38-27(3,4)5/h6-8,10-11,17,19-21H,9,12-16H2,1-5H3,(H,28,33)(H,29,32)(H,30,37)(H,35,36)/t19-,20-,21+/m1/s1. The fourth-order valence-corrected chi connectivity index (χ4v) is 4.23. The van der Waals surface area contributed by atoms with Crippen molar-refractivity contribution in [2.45, 2.75) is 84.0 Å². The number of hydrogen-bond donors (Lipinski definition) is 4. The first-order valence-corrected chi connectivity index (χ1v) is 12.9. The minimum atomic E-state index is -1.15. The van der Waals surface area contributed by atoms with Crippen molar-refractivity contribution in [3.05, 3.63) is 35.9 Å². The fraction of sp³-hybridized carbons (Fsp3) is 0.593. The molecule has 38 heavy (non-hydrogen) atoms. The van der Waals surface area contributed by atoms with Crippen molar-refractivity contribution in [3.63, 3.8) is 0 Å². The van der Waals surface area contributed by atoms with E-state index in [9.17, 15) is 29.1 Å². The van der Waals surface area contributed by atoms with Crippen LogP contribution in [-0.2, 0) is 30.3 Å². The van der Waals surface area contributed by atoms with Crippen LogP contribution in [0.4, 0.5) is 4.79 Å². The molecule has 1 aliphatic heterocycles. The summed E-state index contributed by atoms with van der Waals surface area (Å²) in [5, 5.41) is 16.9. The number of nitrogens with zero attached hydrogens (tertiary/aromatic N) is 1. The molecular weight excluding hydrogens is 492 g/mol. The van der Waals surface area contributed by atoms with Crippen LogP contribution in [0.5, 0.6) is 0 Å². The predicted molar refractivity (Wildman–Crippen MR) is 140 cm³/mol. The van der Waals surface area contributed by atoms with Crippen molar-refractivity contribution in [2.75, 3.05) is 13.1 Å². The molecule has 0 bridgehead atoms. The van der Waals surface area contributed by atoms with Gasteiger partial charge >= 0.3 is 12.1 Å². The maximum atomic E-state index is 13.6. The third kappa shape index (κ3) is 10.0. The number of ether oxygens (including phenoxy) is 1. The normalized spacial score (nSPS) is 16.9. The topological polar surface area (TPSA) is 154 Å². The van der Waals surface area contributed by atoms with Gasteiger partial charge in [-0.2, -0.15) is 0 Å². The highest BCUT2D eigenvalue weighted by Gasteiger charge is 2.38. The Bertz CT molecular complexity index is 991. The lowest BCUT2D eigenvalue weighted by atomic mass is 10.0. The van der Waals surface area contributed by atoms with Gasteiger partial charge in [-0.05, 0) is 51.5 Å². The fourth-order valence-electron chi connectivity index (χ4n) is 4.23. The Morgan fingerprint density at radius 1 is 1.05 bits per heavy atom. The average Bonchev–Trinajstić information content (AvgIpc) is 3.30. The Hall–Kier alpha value is -3.63. The number of nitrogens with one attached hydrogen (secondary N) is 3. The molecule has 0 aliphatic carbocycles. The molecule has 11 heteroatoms. The first-order valence-electron chi connectivity index (χ1n) is 12.9. The van der Waals surface area contributed by atoms with Gasteiger partial charge in [0.2, 0.25) is 17.7 Å². The summed E-state index contributed by atoms with van der Waals surface area (Å²) in [4.78, 5) is 64.1. The van der Waals surface area contributed by atoms with Crippen molar-refractivity contribution in [3.8, 4) is 0 Å². The van der Waals surface area contributed by atoms with Gasteiger partial charge < -0.3 is 30.7 Å². The van der Waals surface area contributed by atoms with Crippen molar-refractivity contribution in [2.24, 2.45) is 5.92 Å². The van der Waals surface area contributed by atoms with Gasteiger partial charge in [-0.25, -0.2) is 9.59 Å². The largest absolute Gasteiger partial charge is 0.480 e. The van der Waals surface area contributed by atoms with Gasteiger partial charge in [0, 0.05) is 13.0 Å². The van der Waals surface area contributed by atoms with E-state index < -0.39 is 60.1 Å². The van der Waals surface area contributed by atoms with Crippen LogP contribution in [0.1, 0.15) is 59.4 Å². The van der Waals surface area contributed by atoms with Gasteiger partial charge in [0.1, 0.15) is 23.7 Å². The monoisotopic (exact) mass is 532 g/mol. The molecule has 210 valence electrons. The van der Waals surface area contributed by atoms with Gasteiger partial charge in [0.15, 0.2) is 0 Å². The molecule has 0 radical (unpaired) electrons. The molecule has 2 rings (SSSR count). The highest BCUT2D eigenvalue weighted by Crippen LogP contribution is 2.20. The van der Waals surface area contributed by atoms with Crippen molar-refractivity contribution in [1.82, 2.24) is 20.9 Å². The smallest absolute Gasteiger partial charge is 0.408 e. The molecule has 1 heterocycles. The van der Waals surface area contributed by atoms with Gasteiger partial charge in [0.05, 0.1) is 6.54 Å². The summed E-state index contributed by atoms with van der Waals surface area (Å²) in [6.07, 6.45) is 0.703. The van der Waals surface area contributed by atoms with E-state index in [4.69, 9.17) is 4.74 Å². The number of carbonyl (C=O) groups excluding carboxylic acids is 4. The average molecular weight is 533 g/mol. The molecule has 4 amide bonds. The summed E-state index contributed by atoms with van der Waals surface area (Å²) in [5.74, 6) is -2.66. The highest BCUT2D eigenvalue weighted by molar-refractivity contribution is 5.94. The van der Waals surface area contributed by atoms with Gasteiger partial charge in [-0.15, -0.1) is 0 Å². The lowest BCUT2D eigenvalue weighted by molar-refractivity contribution is -0.142. The molecule has 0 aromatic heterocycles. The van der Waals surface area contributed by atoms with Crippen LogP contribution >= 0.6 is 0 Å². The van der Waals surface area contributed by atoms with E-state index >= 15 is 0 Å². The zero-order valence-electron chi connectivity index (χ0n) is 22.8. The van der Waals surface area contributed by atoms with E-state index in [-0.39, 0.29) is 18.8 Å². The molecular formula is C27H40N4O7. The van der Waals surface area contributed by atoms with E-state index in [2.05, 4.69) is 16.0 Å². The Morgan fingerprint density at radius 3 is 2.29 bits per heavy atom. The molecule has 0 unspecified atom stereocenters. The summed E-state index contributed by atoms with van der Waals surface area (Å²) in [5.41, 5.74) is 0.0729. The van der Waals surface area contributed by atoms with E-state index in [1.807, 2.05) is 44.2 Å². The van der Waals surface area contributed by atoms with E-state index in [1.54, 1.807) is 20.8 Å². The quantitative estimate of drug-likeness (QED) is 0.339. The van der Waals surface area contributed by atoms with Crippen LogP contribution < -0.4 is 16.0 Å². The van der Waals surface area contributed by atoms with Crippen molar-refractivity contribution < 1.29 is 33.8 Å². The maximum Gasteiger partial charge on any atom is 0.408 e. The summed E-state index contributed by atoms with van der Waals surface area (Å²) in [6, 6.07) is 6.36. The Kier molecular flexibility index (Phi) is 11.1. The van der Waals surface area contributed by atoms with Crippen LogP contribution in [0, 0.1) is 5.92 Å². The number of alkyl carbamates (subject to hydrolysis) is 1. The minimum absolute atomic E-state index is 0.0576. The first-order chi connectivity index (χ1) is 17.8. The second-order valence-electron chi connectivity index (χ2n) is 10.9. The zero-order valence-corrected chi connectivity index (χ0v) is 22.8. The lowest BCUT2D eigenvalue weighted by Crippen LogP contribution is -2.55. The van der Waals surface area contributed by atoms with Crippen LogP contribution in [0.2, 0.25) is 0 Å². The highest BCUT2D eigenvalue weighted by atomic mass is 16.6. The number of carboxylic acids is 1. The number of aliphatic carboxylic acids is 1. The van der Waals surface area contributed by atoms with Crippen LogP contribution in [0.25, 0.3) is 0 Å². The molecule has 1 fully saturated rings. The van der Waals surface area contributed by atoms with E-state index in [1.165, 1.54) is 4.90 Å². The van der Waals surface area contributed by atoms with Gasteiger partial charge in [-0.3, -0.25) is 14.4 Å². The third-order valence-electron chi connectivity index (χ3n) is 5.87. The van der Waals surface area contributed by atoms with Crippen LogP contribution in [0.15, 0.2) is 30.3 Å². The minimum Gasteiger partial charge on any atom is -0.480 e. The third-order valence-corrected chi connectivity index (χ3v) is 5.87. The van der Waals surface area contributed by atoms with Crippen molar-refractivity contribution >= 4 is 29.8 Å². The molecule has 1 aliphatic rings. The number of benzene rings is 1. The molecule has 4 N–H and O–H groups in total. The number of amides is 4. The number of hydrogen-bond acceptors (Lipinski definition) is 6. The molecule has 1 saturated heterocycles. The lowest BCUT2D eigenvalue weighted by Gasteiger charge is -2.29. The number of carbonyl (C=O) groups is 5. The second kappa shape index (κ2) is 13.8. The predicted octanol–water partition coefficient (Wildman–Crippen LogP) is 1.85. The van der Waals surface area contributed by atoms with Gasteiger partial charge in [0.25, 0.3) is 0 Å². The molecule has 11 nitrogen and oxygen atoms in total. The second-order valence-corrected chi connectivity index (χ2v) is 10.9. The molecule has 0 saturated carbocycles. The first kappa shape index (κ1) is 30.6. The van der Waals surface area contributed by atoms with E-state index in [0.717, 1.165) is 5.56 Å². The zero-order chi connectivity index (χ0) is 28.5. The van der Waals surface area contributed by atoms with Gasteiger partial charge in [-0.1, -0.05) is 44.2 Å². The number of carboxylic acid groups (broad SMARTS) is 1. The summed E-state index contributed by atoms with van der Waals surface area (Å²) < 4.78 is 5.34. The summed E-state index contributed by atoms with van der Waals surface area (Å²) in [7, 11) is 0. The molecule has 3 atom stereocenters. The number of likely N-dealkylation sites (tertiary alicyclic amines) is 1. The Labute approximate surface area is 223 Å². The SMILES string of the molecule is CC(C)C[C@@H](NC(=O)CNC(=O)[C@@H]1CCCN1C(=O)[C@@H](Cc1ccccc1)NC(=O)OC(C)(C)C)C(=O)O. The van der Waals surface area contributed by atoms with E-state index in [0.29, 0.717) is 19.4 Å². The van der Waals surface area contributed by atoms with Crippen molar-refractivity contribution in [1.29, 1.82) is 0 Å². The Morgan fingerprint density at radius 2 is 1.71 bits per heavy atom. The Balaban J connectivity index is 2.07. The molecule has 1 aromatic carbocycles. The summed E-state index contributed by atoms with van der Waals surface area (Å²) >= 11 is 0. The summed E-state index contributed by atoms with van der Waals surface area (Å²) in [6.45, 7) is 8.76. The van der Waals surface area contributed by atoms with Crippen LogP contribution in [-0.4, -0.2) is 76.6 Å². The van der Waals surface area contributed by atoms with Crippen LogP contribution in [0.3, 0.4) is 0 Å². The molecule has 0 spiro atoms.